The predicted molar refractivity (Wildman–Crippen MR) is 77.6 cm³/mol. The fourth-order valence-electron chi connectivity index (χ4n) is 2.11. The van der Waals surface area contributed by atoms with Crippen LogP contribution in [-0.4, -0.2) is 37.7 Å². The van der Waals surface area contributed by atoms with Crippen molar-refractivity contribution in [1.29, 1.82) is 0 Å². The summed E-state index contributed by atoms with van der Waals surface area (Å²) in [6.45, 7) is 3.70. The molecule has 0 bridgehead atoms. The Balaban J connectivity index is 0.00000200. The summed E-state index contributed by atoms with van der Waals surface area (Å²) in [5, 5.41) is 5.96. The maximum absolute atomic E-state index is 13.5. The number of benzene rings is 1. The van der Waals surface area contributed by atoms with Gasteiger partial charge in [-0.2, -0.15) is 0 Å². The van der Waals surface area contributed by atoms with E-state index in [1.54, 1.807) is 18.2 Å². The normalized spacial score (nSPS) is 19.8. The molecule has 1 aromatic rings. The van der Waals surface area contributed by atoms with E-state index in [1.807, 2.05) is 6.92 Å². The van der Waals surface area contributed by atoms with Gasteiger partial charge in [-0.3, -0.25) is 4.79 Å². The van der Waals surface area contributed by atoms with Crippen LogP contribution in [0.2, 0.25) is 0 Å². The molecule has 0 aliphatic carbocycles. The summed E-state index contributed by atoms with van der Waals surface area (Å²) in [7, 11) is 0. The first kappa shape index (κ1) is 16.9. The third-order valence-electron chi connectivity index (χ3n) is 3.09. The Morgan fingerprint density at radius 1 is 1.55 bits per heavy atom. The molecule has 20 heavy (non-hydrogen) atoms. The van der Waals surface area contributed by atoms with E-state index in [9.17, 15) is 9.18 Å². The van der Waals surface area contributed by atoms with Gasteiger partial charge in [0.05, 0.1) is 6.61 Å². The van der Waals surface area contributed by atoms with Crippen LogP contribution in [0.4, 0.5) is 4.39 Å². The van der Waals surface area contributed by atoms with Crippen molar-refractivity contribution in [2.24, 2.45) is 0 Å². The van der Waals surface area contributed by atoms with Gasteiger partial charge in [-0.05, 0) is 25.0 Å². The maximum atomic E-state index is 13.5. The Hall–Kier alpha value is -1.17. The largest absolute Gasteiger partial charge is 0.366 e. The molecule has 1 fully saturated rings. The Kier molecular flexibility index (Phi) is 6.91. The smallest absolute Gasteiger partial charge is 0.250 e. The second kappa shape index (κ2) is 8.19. The minimum atomic E-state index is -0.447. The molecule has 1 aliphatic heterocycles. The van der Waals surface area contributed by atoms with Crippen molar-refractivity contribution < 1.29 is 13.9 Å². The van der Waals surface area contributed by atoms with Crippen LogP contribution in [0.5, 0.6) is 0 Å². The molecule has 6 heteroatoms. The number of halogens is 2. The van der Waals surface area contributed by atoms with Crippen molar-refractivity contribution in [2.75, 3.05) is 19.7 Å². The van der Waals surface area contributed by atoms with E-state index in [0.717, 1.165) is 6.54 Å². The second-order valence-electron chi connectivity index (χ2n) is 4.77. The molecule has 1 heterocycles. The number of carbonyl (C=O) groups is 1. The van der Waals surface area contributed by atoms with Gasteiger partial charge in [0.1, 0.15) is 11.9 Å². The summed E-state index contributed by atoms with van der Waals surface area (Å²) in [4.78, 5) is 11.9. The number of carbonyl (C=O) groups excluding carboxylic acids is 1. The third-order valence-corrected chi connectivity index (χ3v) is 3.09. The molecule has 0 aromatic heterocycles. The minimum Gasteiger partial charge on any atom is -0.366 e. The molecule has 0 radical (unpaired) electrons. The van der Waals surface area contributed by atoms with Crippen molar-refractivity contribution in [3.63, 3.8) is 0 Å². The molecule has 2 atom stereocenters. The van der Waals surface area contributed by atoms with Crippen molar-refractivity contribution >= 4 is 18.3 Å². The van der Waals surface area contributed by atoms with Gasteiger partial charge >= 0.3 is 0 Å². The Labute approximate surface area is 124 Å². The number of morpholine rings is 1. The van der Waals surface area contributed by atoms with Gasteiger partial charge in [0, 0.05) is 19.1 Å². The summed E-state index contributed by atoms with van der Waals surface area (Å²) in [6, 6.07) is 6.48. The minimum absolute atomic E-state index is 0. The molecule has 1 amide bonds. The number of ether oxygens (including phenoxy) is 1. The Morgan fingerprint density at radius 2 is 2.30 bits per heavy atom. The highest BCUT2D eigenvalue weighted by atomic mass is 35.5. The molecule has 2 N–H and O–H groups in total. The molecule has 1 saturated heterocycles. The lowest BCUT2D eigenvalue weighted by atomic mass is 10.1. The van der Waals surface area contributed by atoms with Crippen molar-refractivity contribution in [1.82, 2.24) is 10.6 Å². The summed E-state index contributed by atoms with van der Waals surface area (Å²) < 4.78 is 18.9. The number of amides is 1. The standard InChI is InChI=1S/C14H19FN2O2.ClH/c1-10(8-11-4-2-3-5-12(11)15)17-14(18)13-9-16-6-7-19-13;/h2-5,10,13,16H,6-9H2,1H3,(H,17,18);1H. The van der Waals surface area contributed by atoms with E-state index in [4.69, 9.17) is 4.74 Å². The molecule has 2 unspecified atom stereocenters. The first-order valence-electron chi connectivity index (χ1n) is 6.53. The van der Waals surface area contributed by atoms with E-state index in [0.29, 0.717) is 25.1 Å². The number of hydrogen-bond donors (Lipinski definition) is 2. The van der Waals surface area contributed by atoms with Crippen molar-refractivity contribution in [3.8, 4) is 0 Å². The van der Waals surface area contributed by atoms with Crippen LogP contribution in [0.1, 0.15) is 12.5 Å². The number of rotatable bonds is 4. The zero-order valence-electron chi connectivity index (χ0n) is 11.4. The van der Waals surface area contributed by atoms with E-state index in [1.165, 1.54) is 6.07 Å². The molecule has 0 spiro atoms. The van der Waals surface area contributed by atoms with Gasteiger partial charge in [0.15, 0.2) is 0 Å². The Morgan fingerprint density at radius 3 is 2.95 bits per heavy atom. The van der Waals surface area contributed by atoms with Crippen LogP contribution < -0.4 is 10.6 Å². The van der Waals surface area contributed by atoms with Crippen LogP contribution in [0, 0.1) is 5.82 Å². The lowest BCUT2D eigenvalue weighted by Gasteiger charge is -2.24. The first-order valence-corrected chi connectivity index (χ1v) is 6.53. The average Bonchev–Trinajstić information content (AvgIpc) is 2.42. The van der Waals surface area contributed by atoms with Gasteiger partial charge in [-0.15, -0.1) is 12.4 Å². The summed E-state index contributed by atoms with van der Waals surface area (Å²) in [5.41, 5.74) is 0.609. The second-order valence-corrected chi connectivity index (χ2v) is 4.77. The van der Waals surface area contributed by atoms with Crippen LogP contribution in [-0.2, 0) is 16.0 Å². The fraction of sp³-hybridized carbons (Fsp3) is 0.500. The molecule has 112 valence electrons. The first-order chi connectivity index (χ1) is 9.16. The van der Waals surface area contributed by atoms with E-state index in [2.05, 4.69) is 10.6 Å². The van der Waals surface area contributed by atoms with Gasteiger partial charge in [0.25, 0.3) is 5.91 Å². The van der Waals surface area contributed by atoms with Crippen LogP contribution in [0.3, 0.4) is 0 Å². The fourth-order valence-corrected chi connectivity index (χ4v) is 2.11. The number of nitrogens with one attached hydrogen (secondary N) is 2. The monoisotopic (exact) mass is 302 g/mol. The lowest BCUT2D eigenvalue weighted by molar-refractivity contribution is -0.134. The molecule has 2 rings (SSSR count). The third kappa shape index (κ3) is 4.74. The van der Waals surface area contributed by atoms with Crippen LogP contribution in [0.25, 0.3) is 0 Å². The van der Waals surface area contributed by atoms with Gasteiger partial charge in [0.2, 0.25) is 0 Å². The van der Waals surface area contributed by atoms with Gasteiger partial charge in [-0.1, -0.05) is 18.2 Å². The van der Waals surface area contributed by atoms with E-state index < -0.39 is 6.10 Å². The molecule has 4 nitrogen and oxygen atoms in total. The molecule has 1 aliphatic rings. The quantitative estimate of drug-likeness (QED) is 0.881. The Bertz CT molecular complexity index is 439. The van der Waals surface area contributed by atoms with E-state index >= 15 is 0 Å². The van der Waals surface area contributed by atoms with Gasteiger partial charge < -0.3 is 15.4 Å². The van der Waals surface area contributed by atoms with Gasteiger partial charge in [-0.25, -0.2) is 4.39 Å². The highest BCUT2D eigenvalue weighted by Gasteiger charge is 2.23. The molecular formula is C14H20ClFN2O2. The summed E-state index contributed by atoms with van der Waals surface area (Å²) >= 11 is 0. The summed E-state index contributed by atoms with van der Waals surface area (Å²) in [5.74, 6) is -0.379. The summed E-state index contributed by atoms with van der Waals surface area (Å²) in [6.07, 6.45) is 0.0234. The average molecular weight is 303 g/mol. The molecule has 1 aromatic carbocycles. The zero-order chi connectivity index (χ0) is 13.7. The topological polar surface area (TPSA) is 50.4 Å². The highest BCUT2D eigenvalue weighted by Crippen LogP contribution is 2.09. The maximum Gasteiger partial charge on any atom is 0.250 e. The molecule has 0 saturated carbocycles. The van der Waals surface area contributed by atoms with E-state index in [-0.39, 0.29) is 30.2 Å². The van der Waals surface area contributed by atoms with Crippen LogP contribution >= 0.6 is 12.4 Å². The van der Waals surface area contributed by atoms with Crippen molar-refractivity contribution in [3.05, 3.63) is 35.6 Å². The predicted octanol–water partition coefficient (Wildman–Crippen LogP) is 1.28. The van der Waals surface area contributed by atoms with Crippen molar-refractivity contribution in [2.45, 2.75) is 25.5 Å². The zero-order valence-corrected chi connectivity index (χ0v) is 12.2. The SMILES string of the molecule is CC(Cc1ccccc1F)NC(=O)C1CNCCO1.Cl. The number of hydrogen-bond acceptors (Lipinski definition) is 3. The highest BCUT2D eigenvalue weighted by molar-refractivity contribution is 5.85. The van der Waals surface area contributed by atoms with Crippen LogP contribution in [0.15, 0.2) is 24.3 Å². The lowest BCUT2D eigenvalue weighted by Crippen LogP contribution is -2.50. The molecular weight excluding hydrogens is 283 g/mol.